The Morgan fingerprint density at radius 2 is 1.56 bits per heavy atom. The molecule has 0 saturated heterocycles. The van der Waals surface area contributed by atoms with Crippen molar-refractivity contribution in [1.82, 2.24) is 0 Å². The maximum atomic E-state index is 14.1. The third kappa shape index (κ3) is 4.54. The molecule has 4 rings (SSSR count). The molecular formula is C24H20F5NO2. The summed E-state index contributed by atoms with van der Waals surface area (Å²) in [4.78, 5) is 4.40. The van der Waals surface area contributed by atoms with Crippen LogP contribution in [-0.4, -0.2) is 18.4 Å². The molecule has 1 heterocycles. The van der Waals surface area contributed by atoms with Gasteiger partial charge >= 0.3 is 6.36 Å². The van der Waals surface area contributed by atoms with Gasteiger partial charge in [0.05, 0.1) is 0 Å². The van der Waals surface area contributed by atoms with Crippen LogP contribution in [0.15, 0.2) is 71.4 Å². The molecule has 0 fully saturated rings. The number of nitrogens with zero attached hydrogens (tertiary/aromatic N) is 1. The highest BCUT2D eigenvalue weighted by Gasteiger charge is 2.34. The zero-order valence-corrected chi connectivity index (χ0v) is 17.2. The summed E-state index contributed by atoms with van der Waals surface area (Å²) >= 11 is 0. The monoisotopic (exact) mass is 449 g/mol. The van der Waals surface area contributed by atoms with Gasteiger partial charge in [0, 0.05) is 5.92 Å². The van der Waals surface area contributed by atoms with E-state index in [1.807, 2.05) is 31.2 Å². The minimum absolute atomic E-state index is 0.0756. The van der Waals surface area contributed by atoms with E-state index in [1.165, 1.54) is 18.2 Å². The van der Waals surface area contributed by atoms with Gasteiger partial charge in [0.1, 0.15) is 35.1 Å². The van der Waals surface area contributed by atoms with E-state index in [2.05, 4.69) is 9.73 Å². The van der Waals surface area contributed by atoms with Crippen molar-refractivity contribution in [1.29, 1.82) is 0 Å². The minimum Gasteiger partial charge on any atom is -0.472 e. The number of halogens is 5. The van der Waals surface area contributed by atoms with Crippen molar-refractivity contribution in [3.8, 4) is 0 Å². The Labute approximate surface area is 181 Å². The van der Waals surface area contributed by atoms with Crippen LogP contribution in [0.5, 0.6) is 0 Å². The number of alkyl halides is 3. The maximum Gasteiger partial charge on any atom is 0.573 e. The lowest BCUT2D eigenvalue weighted by molar-refractivity contribution is -0.303. The van der Waals surface area contributed by atoms with Gasteiger partial charge in [-0.1, -0.05) is 43.3 Å². The van der Waals surface area contributed by atoms with Gasteiger partial charge in [0.25, 0.3) is 0 Å². The topological polar surface area (TPSA) is 30.8 Å². The fourth-order valence-electron chi connectivity index (χ4n) is 4.00. The largest absolute Gasteiger partial charge is 0.573 e. The average molecular weight is 449 g/mol. The molecule has 0 aromatic heterocycles. The summed E-state index contributed by atoms with van der Waals surface area (Å²) in [6, 6.07) is 10.6. The minimum atomic E-state index is -4.73. The van der Waals surface area contributed by atoms with E-state index < -0.39 is 30.1 Å². The summed E-state index contributed by atoms with van der Waals surface area (Å²) in [5.74, 6) is -2.11. The second kappa shape index (κ2) is 8.41. The maximum absolute atomic E-state index is 14.1. The Morgan fingerprint density at radius 3 is 2.16 bits per heavy atom. The number of aliphatic imine (C=N–C) groups is 1. The summed E-state index contributed by atoms with van der Waals surface area (Å²) < 4.78 is 75.1. The van der Waals surface area contributed by atoms with Gasteiger partial charge in [-0.05, 0) is 48.3 Å². The molecule has 0 spiro atoms. The number of ether oxygens (including phenoxy) is 2. The summed E-state index contributed by atoms with van der Waals surface area (Å²) in [6.07, 6.45) is -0.709. The average Bonchev–Trinajstić information content (AvgIpc) is 3.08. The lowest BCUT2D eigenvalue weighted by Gasteiger charge is -2.24. The van der Waals surface area contributed by atoms with Gasteiger partial charge in [-0.3, -0.25) is 0 Å². The van der Waals surface area contributed by atoms with Crippen molar-refractivity contribution in [3.05, 3.63) is 94.8 Å². The fourth-order valence-corrected chi connectivity index (χ4v) is 4.00. The molecule has 1 aliphatic heterocycles. The van der Waals surface area contributed by atoms with Crippen molar-refractivity contribution in [2.75, 3.05) is 0 Å². The molecule has 4 atom stereocenters. The lowest BCUT2D eigenvalue weighted by atomic mass is 9.83. The predicted octanol–water partition coefficient (Wildman–Crippen LogP) is 6.58. The Bertz CT molecular complexity index is 1070. The molecule has 2 unspecified atom stereocenters. The summed E-state index contributed by atoms with van der Waals surface area (Å²) in [6.45, 7) is 3.58. The summed E-state index contributed by atoms with van der Waals surface area (Å²) in [5, 5.41) is 0. The van der Waals surface area contributed by atoms with Crippen LogP contribution >= 0.6 is 0 Å². The Hall–Kier alpha value is -3.16. The molecule has 2 aliphatic rings. The van der Waals surface area contributed by atoms with Crippen LogP contribution in [0.2, 0.25) is 0 Å². The van der Waals surface area contributed by atoms with Crippen LogP contribution in [0.25, 0.3) is 0 Å². The van der Waals surface area contributed by atoms with Crippen LogP contribution < -0.4 is 0 Å². The first-order chi connectivity index (χ1) is 15.1. The van der Waals surface area contributed by atoms with E-state index in [-0.39, 0.29) is 29.1 Å². The molecule has 2 aromatic carbocycles. The van der Waals surface area contributed by atoms with Gasteiger partial charge in [-0.15, -0.1) is 13.2 Å². The molecule has 0 amide bonds. The first-order valence-electron chi connectivity index (χ1n) is 10.1. The molecule has 32 heavy (non-hydrogen) atoms. The van der Waals surface area contributed by atoms with Crippen molar-refractivity contribution in [2.45, 2.75) is 38.3 Å². The van der Waals surface area contributed by atoms with Crippen LogP contribution in [0.1, 0.15) is 42.5 Å². The number of benzene rings is 2. The number of allylic oxidation sites excluding steroid dienone is 3. The molecule has 8 heteroatoms. The zero-order chi connectivity index (χ0) is 23.0. The molecule has 0 radical (unpaired) electrons. The van der Waals surface area contributed by atoms with E-state index in [1.54, 1.807) is 13.0 Å². The van der Waals surface area contributed by atoms with Crippen molar-refractivity contribution in [3.63, 3.8) is 0 Å². The standard InChI is InChI=1S/C24H20F5NO2/c1-13-12-17(32-24(27,28)29)10-11-18(13)15-6-8-16(9-7-15)22-14(2)31-23(30-22)21-19(25)4-3-5-20(21)26/h3-14,18,22H,1-2H3/t13?,14-,18?,22-/m1/s1. The van der Waals surface area contributed by atoms with E-state index in [0.717, 1.165) is 23.3 Å². The highest BCUT2D eigenvalue weighted by Crippen LogP contribution is 2.36. The highest BCUT2D eigenvalue weighted by molar-refractivity contribution is 5.96. The predicted molar refractivity (Wildman–Crippen MR) is 109 cm³/mol. The first kappa shape index (κ1) is 22.0. The van der Waals surface area contributed by atoms with Crippen molar-refractivity contribution < 1.29 is 31.4 Å². The van der Waals surface area contributed by atoms with Crippen LogP contribution in [0, 0.1) is 17.6 Å². The smallest absolute Gasteiger partial charge is 0.472 e. The Morgan fingerprint density at radius 1 is 0.938 bits per heavy atom. The second-order valence-corrected chi connectivity index (χ2v) is 7.83. The number of hydrogen-bond acceptors (Lipinski definition) is 3. The van der Waals surface area contributed by atoms with Crippen molar-refractivity contribution >= 4 is 5.90 Å². The number of hydrogen-bond donors (Lipinski definition) is 0. The summed E-state index contributed by atoms with van der Waals surface area (Å²) in [7, 11) is 0. The normalized spacial score (nSPS) is 25.2. The van der Waals surface area contributed by atoms with E-state index in [4.69, 9.17) is 4.74 Å². The fraction of sp³-hybridized carbons (Fsp3) is 0.292. The second-order valence-electron chi connectivity index (χ2n) is 7.83. The SMILES string of the molecule is CC1C=C(OC(F)(F)F)C=CC1c1ccc([C@@H]2N=C(c3c(F)cccc3F)O[C@@H]2C)cc1. The van der Waals surface area contributed by atoms with Crippen LogP contribution in [-0.2, 0) is 9.47 Å². The molecule has 0 bridgehead atoms. The van der Waals surface area contributed by atoms with Gasteiger partial charge in [-0.2, -0.15) is 0 Å². The van der Waals surface area contributed by atoms with Gasteiger partial charge in [-0.25, -0.2) is 13.8 Å². The van der Waals surface area contributed by atoms with E-state index in [0.29, 0.717) is 0 Å². The van der Waals surface area contributed by atoms with Gasteiger partial charge in [0.2, 0.25) is 5.90 Å². The first-order valence-corrected chi connectivity index (χ1v) is 10.1. The molecule has 1 aliphatic carbocycles. The highest BCUT2D eigenvalue weighted by atomic mass is 19.4. The van der Waals surface area contributed by atoms with Gasteiger partial charge in [0.15, 0.2) is 0 Å². The van der Waals surface area contributed by atoms with Crippen LogP contribution in [0.4, 0.5) is 22.0 Å². The Kier molecular flexibility index (Phi) is 5.79. The number of rotatable bonds is 4. The molecular weight excluding hydrogens is 429 g/mol. The van der Waals surface area contributed by atoms with E-state index >= 15 is 0 Å². The summed E-state index contributed by atoms with van der Waals surface area (Å²) in [5.41, 5.74) is 1.43. The third-order valence-electron chi connectivity index (χ3n) is 5.53. The van der Waals surface area contributed by atoms with Crippen molar-refractivity contribution in [2.24, 2.45) is 10.9 Å². The Balaban J connectivity index is 1.52. The molecule has 2 aromatic rings. The third-order valence-corrected chi connectivity index (χ3v) is 5.53. The molecule has 3 nitrogen and oxygen atoms in total. The quantitative estimate of drug-likeness (QED) is 0.494. The zero-order valence-electron chi connectivity index (χ0n) is 17.2. The molecule has 168 valence electrons. The lowest BCUT2D eigenvalue weighted by Crippen LogP contribution is -2.16. The molecule has 0 saturated carbocycles. The van der Waals surface area contributed by atoms with Crippen LogP contribution in [0.3, 0.4) is 0 Å². The van der Waals surface area contributed by atoms with E-state index in [9.17, 15) is 22.0 Å². The van der Waals surface area contributed by atoms with Gasteiger partial charge < -0.3 is 9.47 Å². The molecule has 0 N–H and O–H groups in total.